The minimum Gasteiger partial charge on any atom is -0.494 e. The summed E-state index contributed by atoms with van der Waals surface area (Å²) >= 11 is 0. The van der Waals surface area contributed by atoms with E-state index in [4.69, 9.17) is 4.74 Å². The average Bonchev–Trinajstić information content (AvgIpc) is 3.59. The zero-order valence-electron chi connectivity index (χ0n) is 19.2. The van der Waals surface area contributed by atoms with Gasteiger partial charge in [0.15, 0.2) is 0 Å². The first-order chi connectivity index (χ1) is 15.7. The first kappa shape index (κ1) is 19.2. The SMILES string of the molecule is C=CC1CC(C=C)C2C3CC(C4CC5(CC43)c3ccccc3-c3ccc(OCC)cc35)C12. The summed E-state index contributed by atoms with van der Waals surface area (Å²) in [5.74, 6) is 7.62. The standard InChI is InChI=1S/C31H34O/c1-4-18-13-19(5-2)30-24-15-23(29(18)30)25-16-31(17-26(24)25)27-10-8-7-9-21(27)22-12-11-20(32-6-3)14-28(22)31/h4-5,7-12,14,18-19,23-26,29-30H,1-2,6,13,15-17H2,3H3. The van der Waals surface area contributed by atoms with Gasteiger partial charge < -0.3 is 4.74 Å². The maximum absolute atomic E-state index is 5.98. The van der Waals surface area contributed by atoms with Crippen LogP contribution in [-0.4, -0.2) is 6.61 Å². The van der Waals surface area contributed by atoms with Gasteiger partial charge in [-0.1, -0.05) is 42.5 Å². The number of hydrogen-bond donors (Lipinski definition) is 0. The van der Waals surface area contributed by atoms with Crippen molar-refractivity contribution in [3.63, 3.8) is 0 Å². The van der Waals surface area contributed by atoms with Gasteiger partial charge in [0.25, 0.3) is 0 Å². The Labute approximate surface area is 192 Å². The third-order valence-corrected chi connectivity index (χ3v) is 10.5. The molecule has 2 aromatic rings. The van der Waals surface area contributed by atoms with Crippen LogP contribution in [0.4, 0.5) is 0 Å². The molecule has 8 atom stereocenters. The summed E-state index contributed by atoms with van der Waals surface area (Å²) < 4.78 is 5.98. The molecule has 1 nitrogen and oxygen atoms in total. The molecule has 0 aliphatic heterocycles. The minimum absolute atomic E-state index is 0.178. The van der Waals surface area contributed by atoms with Crippen LogP contribution in [0.5, 0.6) is 5.75 Å². The van der Waals surface area contributed by atoms with Crippen LogP contribution in [0.2, 0.25) is 0 Å². The molecule has 0 N–H and O–H groups in total. The van der Waals surface area contributed by atoms with Gasteiger partial charge >= 0.3 is 0 Å². The van der Waals surface area contributed by atoms with Crippen LogP contribution in [0.15, 0.2) is 67.8 Å². The van der Waals surface area contributed by atoms with Crippen LogP contribution in [0, 0.1) is 47.3 Å². The molecular weight excluding hydrogens is 388 g/mol. The number of ether oxygens (including phenoxy) is 1. The average molecular weight is 423 g/mol. The molecule has 8 unspecified atom stereocenters. The lowest BCUT2D eigenvalue weighted by molar-refractivity contribution is 0.113. The highest BCUT2D eigenvalue weighted by Gasteiger charge is 2.68. The summed E-state index contributed by atoms with van der Waals surface area (Å²) in [5, 5.41) is 0. The van der Waals surface area contributed by atoms with Crippen LogP contribution in [0.25, 0.3) is 11.1 Å². The smallest absolute Gasteiger partial charge is 0.119 e. The van der Waals surface area contributed by atoms with Crippen molar-refractivity contribution >= 4 is 0 Å². The second-order valence-electron chi connectivity index (χ2n) is 11.3. The molecule has 0 aromatic heterocycles. The molecule has 4 fully saturated rings. The molecule has 32 heavy (non-hydrogen) atoms. The second-order valence-corrected chi connectivity index (χ2v) is 11.3. The number of rotatable bonds is 4. The summed E-state index contributed by atoms with van der Waals surface area (Å²) in [5.41, 5.74) is 6.22. The predicted molar refractivity (Wildman–Crippen MR) is 131 cm³/mol. The largest absolute Gasteiger partial charge is 0.494 e. The van der Waals surface area contributed by atoms with Gasteiger partial charge in [0.1, 0.15) is 5.75 Å². The Morgan fingerprint density at radius 1 is 0.844 bits per heavy atom. The van der Waals surface area contributed by atoms with Crippen LogP contribution < -0.4 is 4.74 Å². The van der Waals surface area contributed by atoms with E-state index in [2.05, 4.69) is 74.7 Å². The van der Waals surface area contributed by atoms with E-state index in [-0.39, 0.29) is 5.41 Å². The lowest BCUT2D eigenvalue weighted by atomic mass is 9.67. The molecule has 4 saturated carbocycles. The van der Waals surface area contributed by atoms with E-state index in [0.29, 0.717) is 11.8 Å². The van der Waals surface area contributed by atoms with Crippen LogP contribution in [-0.2, 0) is 5.41 Å². The molecule has 164 valence electrons. The molecule has 5 aliphatic carbocycles. The Kier molecular flexibility index (Phi) is 3.98. The summed E-state index contributed by atoms with van der Waals surface area (Å²) in [4.78, 5) is 0. The van der Waals surface area contributed by atoms with Crippen molar-refractivity contribution in [2.24, 2.45) is 47.3 Å². The Balaban J connectivity index is 1.34. The van der Waals surface area contributed by atoms with E-state index >= 15 is 0 Å². The molecular formula is C31H34O. The van der Waals surface area contributed by atoms with Crippen molar-refractivity contribution < 1.29 is 4.74 Å². The van der Waals surface area contributed by atoms with Crippen molar-refractivity contribution in [3.8, 4) is 16.9 Å². The number of hydrogen-bond acceptors (Lipinski definition) is 1. The highest BCUT2D eigenvalue weighted by molar-refractivity contribution is 5.82. The van der Waals surface area contributed by atoms with Gasteiger partial charge in [-0.05, 0) is 114 Å². The molecule has 2 bridgehead atoms. The Bertz CT molecular complexity index is 1080. The zero-order valence-corrected chi connectivity index (χ0v) is 19.2. The lowest BCUT2D eigenvalue weighted by Gasteiger charge is -2.37. The predicted octanol–water partition coefficient (Wildman–Crippen LogP) is 7.27. The third kappa shape index (κ3) is 2.21. The Morgan fingerprint density at radius 2 is 1.50 bits per heavy atom. The van der Waals surface area contributed by atoms with E-state index in [1.54, 1.807) is 11.1 Å². The van der Waals surface area contributed by atoms with E-state index in [1.165, 1.54) is 36.8 Å². The quantitative estimate of drug-likeness (QED) is 0.471. The monoisotopic (exact) mass is 422 g/mol. The fourth-order valence-corrected chi connectivity index (χ4v) is 9.72. The van der Waals surface area contributed by atoms with Crippen molar-refractivity contribution in [1.29, 1.82) is 0 Å². The molecule has 2 aromatic carbocycles. The molecule has 1 spiro atoms. The maximum atomic E-state index is 5.98. The van der Waals surface area contributed by atoms with E-state index < -0.39 is 0 Å². The molecule has 0 amide bonds. The first-order valence-electron chi connectivity index (χ1n) is 12.8. The van der Waals surface area contributed by atoms with Crippen LogP contribution in [0.3, 0.4) is 0 Å². The molecule has 1 heteroatoms. The van der Waals surface area contributed by atoms with Crippen LogP contribution in [0.1, 0.15) is 43.7 Å². The van der Waals surface area contributed by atoms with Crippen molar-refractivity contribution in [2.45, 2.75) is 38.0 Å². The van der Waals surface area contributed by atoms with Crippen LogP contribution >= 0.6 is 0 Å². The van der Waals surface area contributed by atoms with Gasteiger partial charge in [-0.15, -0.1) is 13.2 Å². The molecule has 0 heterocycles. The molecule has 5 aliphatic rings. The van der Waals surface area contributed by atoms with E-state index in [9.17, 15) is 0 Å². The summed E-state index contributed by atoms with van der Waals surface area (Å²) in [6, 6.07) is 16.1. The van der Waals surface area contributed by atoms with Gasteiger partial charge in [-0.2, -0.15) is 0 Å². The number of benzene rings is 2. The fraction of sp³-hybridized carbons (Fsp3) is 0.484. The summed E-state index contributed by atoms with van der Waals surface area (Å²) in [7, 11) is 0. The molecule has 0 saturated heterocycles. The lowest BCUT2D eigenvalue weighted by Crippen LogP contribution is -2.33. The molecule has 0 radical (unpaired) electrons. The first-order valence-corrected chi connectivity index (χ1v) is 12.8. The van der Waals surface area contributed by atoms with E-state index in [0.717, 1.165) is 47.9 Å². The Morgan fingerprint density at radius 3 is 2.16 bits per heavy atom. The topological polar surface area (TPSA) is 9.23 Å². The van der Waals surface area contributed by atoms with Gasteiger partial charge in [0, 0.05) is 5.41 Å². The maximum Gasteiger partial charge on any atom is 0.119 e. The van der Waals surface area contributed by atoms with Crippen molar-refractivity contribution in [1.82, 2.24) is 0 Å². The molecule has 7 rings (SSSR count). The summed E-state index contributed by atoms with van der Waals surface area (Å²) in [6.45, 7) is 11.3. The van der Waals surface area contributed by atoms with Crippen molar-refractivity contribution in [2.75, 3.05) is 6.61 Å². The van der Waals surface area contributed by atoms with Gasteiger partial charge in [0.2, 0.25) is 0 Å². The highest BCUT2D eigenvalue weighted by Crippen LogP contribution is 2.74. The summed E-state index contributed by atoms with van der Waals surface area (Å²) in [6.07, 6.45) is 9.98. The van der Waals surface area contributed by atoms with E-state index in [1.807, 2.05) is 0 Å². The number of fused-ring (bicyclic) bond motifs is 13. The zero-order chi connectivity index (χ0) is 21.6. The van der Waals surface area contributed by atoms with Gasteiger partial charge in [-0.3, -0.25) is 0 Å². The van der Waals surface area contributed by atoms with Gasteiger partial charge in [0.05, 0.1) is 6.61 Å². The third-order valence-electron chi connectivity index (χ3n) is 10.5. The Hall–Kier alpha value is -2.28. The van der Waals surface area contributed by atoms with Gasteiger partial charge in [-0.25, -0.2) is 0 Å². The fourth-order valence-electron chi connectivity index (χ4n) is 9.72. The normalized spacial score (nSPS) is 41.9. The van der Waals surface area contributed by atoms with Crippen molar-refractivity contribution in [3.05, 3.63) is 78.9 Å². The minimum atomic E-state index is 0.178. The highest BCUT2D eigenvalue weighted by atomic mass is 16.5. The second kappa shape index (κ2) is 6.62. The number of allylic oxidation sites excluding steroid dienone is 2.